The average Bonchev–Trinajstić information content (AvgIpc) is 2.64. The van der Waals surface area contributed by atoms with Crippen LogP contribution in [0.5, 0.6) is 0 Å². The molecule has 2 heterocycles. The summed E-state index contributed by atoms with van der Waals surface area (Å²) >= 11 is 0. The van der Waals surface area contributed by atoms with Crippen LogP contribution in [0.25, 0.3) is 0 Å². The Balaban J connectivity index is 1.93. The lowest BCUT2D eigenvalue weighted by atomic mass is 10.0. The molecule has 0 saturated heterocycles. The van der Waals surface area contributed by atoms with Crippen LogP contribution in [0.1, 0.15) is 33.0 Å². The number of hydrogen-bond acceptors (Lipinski definition) is 3. The van der Waals surface area contributed by atoms with Crippen molar-refractivity contribution < 1.29 is 0 Å². The minimum Gasteiger partial charge on any atom is -0.309 e. The maximum atomic E-state index is 4.23. The molecule has 0 radical (unpaired) electrons. The molecule has 2 rings (SSSR count). The van der Waals surface area contributed by atoms with Crippen LogP contribution in [-0.4, -0.2) is 26.8 Å². The van der Waals surface area contributed by atoms with Crippen LogP contribution in [0.4, 0.5) is 0 Å². The fourth-order valence-electron chi connectivity index (χ4n) is 1.94. The lowest BCUT2D eigenvalue weighted by Crippen LogP contribution is -2.44. The first-order valence-electron chi connectivity index (χ1n) is 5.79. The second-order valence-corrected chi connectivity index (χ2v) is 4.79. The minimum absolute atomic E-state index is 0.552. The van der Waals surface area contributed by atoms with E-state index < -0.39 is 0 Å². The molecule has 0 saturated carbocycles. The first-order chi connectivity index (χ1) is 7.16. The van der Waals surface area contributed by atoms with Crippen LogP contribution in [0, 0.1) is 5.92 Å². The monoisotopic (exact) mass is 208 g/mol. The zero-order valence-corrected chi connectivity index (χ0v) is 9.77. The molecule has 1 N–H and O–H groups in total. The number of nitrogens with one attached hydrogen (secondary N) is 1. The quantitative estimate of drug-likeness (QED) is 0.812. The number of fused-ring (bicyclic) bond motifs is 1. The third-order valence-corrected chi connectivity index (χ3v) is 3.30. The van der Waals surface area contributed by atoms with E-state index in [4.69, 9.17) is 0 Å². The van der Waals surface area contributed by atoms with Crippen LogP contribution in [0.2, 0.25) is 0 Å². The Labute approximate surface area is 91.1 Å². The van der Waals surface area contributed by atoms with Crippen molar-refractivity contribution in [3.05, 3.63) is 12.2 Å². The minimum atomic E-state index is 0.552. The van der Waals surface area contributed by atoms with Gasteiger partial charge in [-0.2, -0.15) is 5.10 Å². The molecule has 1 aliphatic heterocycles. The molecule has 0 amide bonds. The summed E-state index contributed by atoms with van der Waals surface area (Å²) in [4.78, 5) is 4.23. The standard InChI is InChI=1S/C11H20N4/c1-8(2)9(3)14-10-4-5-11-12-7-13-15(11)6-10/h7-10,14H,4-6H2,1-3H3. The van der Waals surface area contributed by atoms with Crippen LogP contribution in [0.3, 0.4) is 0 Å². The van der Waals surface area contributed by atoms with Crippen LogP contribution < -0.4 is 5.32 Å². The fourth-order valence-corrected chi connectivity index (χ4v) is 1.94. The van der Waals surface area contributed by atoms with Gasteiger partial charge in [-0.3, -0.25) is 0 Å². The predicted octanol–water partition coefficient (Wildman–Crippen LogP) is 1.23. The van der Waals surface area contributed by atoms with Crippen molar-refractivity contribution in [3.63, 3.8) is 0 Å². The summed E-state index contributed by atoms with van der Waals surface area (Å²) in [5, 5.41) is 7.89. The van der Waals surface area contributed by atoms with E-state index in [1.807, 2.05) is 4.68 Å². The van der Waals surface area contributed by atoms with Gasteiger partial charge in [0.25, 0.3) is 0 Å². The van der Waals surface area contributed by atoms with E-state index in [2.05, 4.69) is 36.2 Å². The van der Waals surface area contributed by atoms with Gasteiger partial charge in [0, 0.05) is 18.5 Å². The fraction of sp³-hybridized carbons (Fsp3) is 0.818. The van der Waals surface area contributed by atoms with Crippen molar-refractivity contribution in [2.24, 2.45) is 5.92 Å². The lowest BCUT2D eigenvalue weighted by molar-refractivity contribution is 0.301. The molecule has 15 heavy (non-hydrogen) atoms. The van der Waals surface area contributed by atoms with Gasteiger partial charge in [0.05, 0.1) is 6.54 Å². The summed E-state index contributed by atoms with van der Waals surface area (Å²) in [7, 11) is 0. The molecule has 2 unspecified atom stereocenters. The lowest BCUT2D eigenvalue weighted by Gasteiger charge is -2.28. The predicted molar refractivity (Wildman–Crippen MR) is 59.6 cm³/mol. The Morgan fingerprint density at radius 3 is 3.00 bits per heavy atom. The van der Waals surface area contributed by atoms with Crippen molar-refractivity contribution in [2.45, 2.75) is 52.2 Å². The van der Waals surface area contributed by atoms with Crippen LogP contribution >= 0.6 is 0 Å². The molecule has 0 aromatic carbocycles. The largest absolute Gasteiger partial charge is 0.309 e. The molecule has 4 heteroatoms. The van der Waals surface area contributed by atoms with E-state index in [0.29, 0.717) is 18.0 Å². The Morgan fingerprint density at radius 2 is 2.27 bits per heavy atom. The smallest absolute Gasteiger partial charge is 0.138 e. The van der Waals surface area contributed by atoms with Crippen LogP contribution in [-0.2, 0) is 13.0 Å². The second kappa shape index (κ2) is 4.31. The van der Waals surface area contributed by atoms with Gasteiger partial charge in [0.2, 0.25) is 0 Å². The zero-order chi connectivity index (χ0) is 10.8. The van der Waals surface area contributed by atoms with Gasteiger partial charge in [-0.1, -0.05) is 13.8 Å². The van der Waals surface area contributed by atoms with Crippen molar-refractivity contribution >= 4 is 0 Å². The van der Waals surface area contributed by atoms with Gasteiger partial charge in [-0.05, 0) is 19.3 Å². The molecule has 1 aromatic rings. The summed E-state index contributed by atoms with van der Waals surface area (Å²) in [5.41, 5.74) is 0. The Hall–Kier alpha value is -0.900. The second-order valence-electron chi connectivity index (χ2n) is 4.79. The molecular weight excluding hydrogens is 188 g/mol. The van der Waals surface area contributed by atoms with E-state index >= 15 is 0 Å². The average molecular weight is 208 g/mol. The Bertz CT molecular complexity index is 318. The summed E-state index contributed by atoms with van der Waals surface area (Å²) in [6.45, 7) is 7.72. The highest BCUT2D eigenvalue weighted by molar-refractivity contribution is 4.92. The summed E-state index contributed by atoms with van der Waals surface area (Å²) in [6.07, 6.45) is 3.88. The maximum absolute atomic E-state index is 4.23. The van der Waals surface area contributed by atoms with Gasteiger partial charge in [0.1, 0.15) is 12.2 Å². The number of rotatable bonds is 3. The van der Waals surface area contributed by atoms with E-state index in [-0.39, 0.29) is 0 Å². The molecule has 0 fully saturated rings. The van der Waals surface area contributed by atoms with Crippen molar-refractivity contribution in [2.75, 3.05) is 0 Å². The summed E-state index contributed by atoms with van der Waals surface area (Å²) < 4.78 is 2.02. The highest BCUT2D eigenvalue weighted by atomic mass is 15.3. The highest BCUT2D eigenvalue weighted by Gasteiger charge is 2.21. The molecule has 84 valence electrons. The SMILES string of the molecule is CC(C)C(C)NC1CCc2ncnn2C1. The highest BCUT2D eigenvalue weighted by Crippen LogP contribution is 2.13. The summed E-state index contributed by atoms with van der Waals surface area (Å²) in [5.74, 6) is 1.81. The Morgan fingerprint density at radius 1 is 1.47 bits per heavy atom. The van der Waals surface area contributed by atoms with Crippen LogP contribution in [0.15, 0.2) is 6.33 Å². The number of aryl methyl sites for hydroxylation is 1. The van der Waals surface area contributed by atoms with Crippen molar-refractivity contribution in [3.8, 4) is 0 Å². The third-order valence-electron chi connectivity index (χ3n) is 3.30. The number of hydrogen-bond donors (Lipinski definition) is 1. The molecule has 4 nitrogen and oxygen atoms in total. The van der Waals surface area contributed by atoms with Gasteiger partial charge < -0.3 is 5.32 Å². The van der Waals surface area contributed by atoms with E-state index in [1.165, 1.54) is 6.42 Å². The first-order valence-corrected chi connectivity index (χ1v) is 5.79. The summed E-state index contributed by atoms with van der Waals surface area (Å²) in [6, 6.07) is 1.12. The van der Waals surface area contributed by atoms with Crippen molar-refractivity contribution in [1.29, 1.82) is 0 Å². The number of nitrogens with zero attached hydrogens (tertiary/aromatic N) is 3. The molecule has 2 atom stereocenters. The van der Waals surface area contributed by atoms with Gasteiger partial charge in [-0.25, -0.2) is 9.67 Å². The molecule has 1 aromatic heterocycles. The molecular formula is C11H20N4. The maximum Gasteiger partial charge on any atom is 0.138 e. The van der Waals surface area contributed by atoms with Gasteiger partial charge in [-0.15, -0.1) is 0 Å². The topological polar surface area (TPSA) is 42.7 Å². The molecule has 0 bridgehead atoms. The Kier molecular flexibility index (Phi) is 3.05. The molecule has 0 aliphatic carbocycles. The first kappa shape index (κ1) is 10.6. The van der Waals surface area contributed by atoms with E-state index in [1.54, 1.807) is 6.33 Å². The zero-order valence-electron chi connectivity index (χ0n) is 9.77. The molecule has 1 aliphatic rings. The van der Waals surface area contributed by atoms with Gasteiger partial charge >= 0.3 is 0 Å². The number of aromatic nitrogens is 3. The van der Waals surface area contributed by atoms with Crippen molar-refractivity contribution in [1.82, 2.24) is 20.1 Å². The third kappa shape index (κ3) is 2.37. The van der Waals surface area contributed by atoms with E-state index in [9.17, 15) is 0 Å². The van der Waals surface area contributed by atoms with Gasteiger partial charge in [0.15, 0.2) is 0 Å². The molecule has 0 spiro atoms. The van der Waals surface area contributed by atoms with E-state index in [0.717, 1.165) is 18.8 Å². The normalized spacial score (nSPS) is 22.8.